The second-order valence-corrected chi connectivity index (χ2v) is 5.29. The topological polar surface area (TPSA) is 44.8 Å². The van der Waals surface area contributed by atoms with Crippen LogP contribution in [0, 0.1) is 0 Å². The van der Waals surface area contributed by atoms with Crippen LogP contribution in [0.3, 0.4) is 0 Å². The van der Waals surface area contributed by atoms with E-state index in [-0.39, 0.29) is 13.2 Å². The third-order valence-electron chi connectivity index (χ3n) is 1.36. The second kappa shape index (κ2) is 8.88. The fourth-order valence-corrected chi connectivity index (χ4v) is 2.55. The largest absolute Gasteiger partial charge is 0.530 e. The molecule has 0 fully saturated rings. The molecule has 0 aromatic heterocycles. The highest BCUT2D eigenvalue weighted by Crippen LogP contribution is 2.51. The summed E-state index contributed by atoms with van der Waals surface area (Å²) >= 11 is 1.53. The lowest BCUT2D eigenvalue weighted by molar-refractivity contribution is 0.148. The summed E-state index contributed by atoms with van der Waals surface area (Å²) in [6.45, 7) is 9.58. The summed E-state index contributed by atoms with van der Waals surface area (Å²) in [4.78, 5) is 0. The Hall–Kier alpha value is -0.220. The van der Waals surface area contributed by atoms with E-state index >= 15 is 0 Å². The number of phosphoric acid groups is 1. The average Bonchev–Trinajstić information content (AvgIpc) is 2.25. The molecule has 0 bridgehead atoms. The van der Waals surface area contributed by atoms with Crippen molar-refractivity contribution in [3.8, 4) is 0 Å². The molecule has 0 amide bonds. The van der Waals surface area contributed by atoms with Crippen LogP contribution in [0.4, 0.5) is 0 Å². The minimum Gasteiger partial charge on any atom is -0.403 e. The van der Waals surface area contributed by atoms with Gasteiger partial charge in [0.05, 0.1) is 13.2 Å². The first-order valence-corrected chi connectivity index (χ1v) is 7.65. The predicted octanol–water partition coefficient (Wildman–Crippen LogP) is 3.96. The Morgan fingerprint density at radius 1 is 1.31 bits per heavy atom. The molecule has 0 aliphatic carbocycles. The lowest BCUT2D eigenvalue weighted by atomic mass is 10.6. The van der Waals surface area contributed by atoms with Crippen LogP contribution >= 0.6 is 19.6 Å². The van der Waals surface area contributed by atoms with E-state index in [9.17, 15) is 4.57 Å². The molecule has 6 heteroatoms. The molecule has 0 unspecified atom stereocenters. The van der Waals surface area contributed by atoms with Crippen molar-refractivity contribution >= 4 is 19.6 Å². The fourth-order valence-electron chi connectivity index (χ4n) is 0.808. The van der Waals surface area contributed by atoms with Crippen molar-refractivity contribution in [1.82, 2.24) is 0 Å². The van der Waals surface area contributed by atoms with Gasteiger partial charge in [0.1, 0.15) is 5.76 Å². The molecule has 0 saturated heterocycles. The predicted molar refractivity (Wildman–Crippen MR) is 68.4 cm³/mol. The van der Waals surface area contributed by atoms with Gasteiger partial charge in [-0.05, 0) is 25.7 Å². The van der Waals surface area contributed by atoms with Crippen molar-refractivity contribution in [2.24, 2.45) is 0 Å². The van der Waals surface area contributed by atoms with Crippen LogP contribution < -0.4 is 0 Å². The minimum atomic E-state index is -3.49. The Labute approximate surface area is 102 Å². The van der Waals surface area contributed by atoms with Gasteiger partial charge in [0.2, 0.25) is 0 Å². The molecule has 0 N–H and O–H groups in total. The van der Waals surface area contributed by atoms with Crippen LogP contribution in [-0.4, -0.2) is 19.0 Å². The van der Waals surface area contributed by atoms with Gasteiger partial charge in [0.15, 0.2) is 0 Å². The number of hydrogen-bond donors (Lipinski definition) is 0. The maximum atomic E-state index is 12.0. The summed E-state index contributed by atoms with van der Waals surface area (Å²) in [6.07, 6.45) is 1.48. The van der Waals surface area contributed by atoms with Crippen LogP contribution in [-0.2, 0) is 18.1 Å². The monoisotopic (exact) mass is 266 g/mol. The summed E-state index contributed by atoms with van der Waals surface area (Å²) in [5.41, 5.74) is 0. The zero-order chi connectivity index (χ0) is 12.4. The van der Waals surface area contributed by atoms with E-state index in [0.29, 0.717) is 5.76 Å². The summed E-state index contributed by atoms with van der Waals surface area (Å²) < 4.78 is 27.2. The highest BCUT2D eigenvalue weighted by atomic mass is 32.2. The molecule has 4 nitrogen and oxygen atoms in total. The van der Waals surface area contributed by atoms with Crippen molar-refractivity contribution in [3.05, 3.63) is 23.8 Å². The van der Waals surface area contributed by atoms with Gasteiger partial charge in [-0.2, -0.15) is 0 Å². The lowest BCUT2D eigenvalue weighted by Crippen LogP contribution is -1.99. The molecule has 16 heavy (non-hydrogen) atoms. The van der Waals surface area contributed by atoms with Crippen LogP contribution in [0.5, 0.6) is 0 Å². The van der Waals surface area contributed by atoms with E-state index in [1.165, 1.54) is 17.8 Å². The zero-order valence-electron chi connectivity index (χ0n) is 9.97. The molecule has 0 aliphatic heterocycles. The van der Waals surface area contributed by atoms with Gasteiger partial charge in [-0.25, -0.2) is 4.57 Å². The maximum absolute atomic E-state index is 12.0. The quantitative estimate of drug-likeness (QED) is 0.359. The van der Waals surface area contributed by atoms with Crippen molar-refractivity contribution in [3.63, 3.8) is 0 Å². The van der Waals surface area contributed by atoms with E-state index in [0.717, 1.165) is 5.75 Å². The highest BCUT2D eigenvalue weighted by molar-refractivity contribution is 8.02. The molecule has 0 saturated carbocycles. The van der Waals surface area contributed by atoms with Gasteiger partial charge in [-0.3, -0.25) is 9.05 Å². The van der Waals surface area contributed by atoms with E-state index in [1.54, 1.807) is 19.3 Å². The van der Waals surface area contributed by atoms with Crippen molar-refractivity contribution in [2.45, 2.75) is 20.8 Å². The van der Waals surface area contributed by atoms with Gasteiger partial charge in [-0.1, -0.05) is 13.5 Å². The normalized spacial score (nSPS) is 12.6. The summed E-state index contributed by atoms with van der Waals surface area (Å²) in [7, 11) is -3.49. The summed E-state index contributed by atoms with van der Waals surface area (Å²) in [5, 5.41) is 1.73. The SMILES string of the molecule is C=C/C(=C/SCC)OP(=O)(OCC)OCC. The number of phosphoric ester groups is 1. The van der Waals surface area contributed by atoms with Crippen LogP contribution in [0.1, 0.15) is 20.8 Å². The van der Waals surface area contributed by atoms with E-state index < -0.39 is 7.82 Å². The van der Waals surface area contributed by atoms with Crippen molar-refractivity contribution < 1.29 is 18.1 Å². The molecule has 0 rings (SSSR count). The Morgan fingerprint density at radius 2 is 1.88 bits per heavy atom. The Balaban J connectivity index is 4.58. The number of rotatable bonds is 9. The molecule has 0 radical (unpaired) electrons. The standard InChI is InChI=1S/C10H19O4PS/c1-5-10(9-16-8-4)14-15(11,12-6-2)13-7-3/h5,9H,1,6-8H2,2-4H3/b10-9-. The Bertz CT molecular complexity index is 268. The maximum Gasteiger partial charge on any atom is 0.530 e. The summed E-state index contributed by atoms with van der Waals surface area (Å²) in [5.74, 6) is 1.30. The first-order valence-electron chi connectivity index (χ1n) is 5.14. The molecule has 0 heterocycles. The van der Waals surface area contributed by atoms with Gasteiger partial charge < -0.3 is 4.52 Å². The van der Waals surface area contributed by atoms with E-state index in [2.05, 4.69) is 6.58 Å². The Kier molecular flexibility index (Phi) is 8.76. The summed E-state index contributed by atoms with van der Waals surface area (Å²) in [6, 6.07) is 0. The molecule has 94 valence electrons. The van der Waals surface area contributed by atoms with Crippen LogP contribution in [0.25, 0.3) is 0 Å². The third kappa shape index (κ3) is 6.38. The first-order chi connectivity index (χ1) is 7.61. The number of hydrogen-bond acceptors (Lipinski definition) is 5. The molecule has 0 spiro atoms. The smallest absolute Gasteiger partial charge is 0.403 e. The average molecular weight is 266 g/mol. The molecule has 0 aromatic carbocycles. The van der Waals surface area contributed by atoms with Gasteiger partial charge in [-0.15, -0.1) is 11.8 Å². The lowest BCUT2D eigenvalue weighted by Gasteiger charge is -2.17. The first kappa shape index (κ1) is 15.8. The molecular formula is C10H19O4PS. The van der Waals surface area contributed by atoms with E-state index in [4.69, 9.17) is 13.6 Å². The van der Waals surface area contributed by atoms with Crippen LogP contribution in [0.2, 0.25) is 0 Å². The van der Waals surface area contributed by atoms with Crippen molar-refractivity contribution in [2.75, 3.05) is 19.0 Å². The zero-order valence-corrected chi connectivity index (χ0v) is 11.7. The van der Waals surface area contributed by atoms with Gasteiger partial charge in [0.25, 0.3) is 0 Å². The molecular weight excluding hydrogens is 247 g/mol. The van der Waals surface area contributed by atoms with Gasteiger partial charge >= 0.3 is 7.82 Å². The van der Waals surface area contributed by atoms with Gasteiger partial charge in [0, 0.05) is 5.41 Å². The van der Waals surface area contributed by atoms with Crippen molar-refractivity contribution in [1.29, 1.82) is 0 Å². The highest BCUT2D eigenvalue weighted by Gasteiger charge is 2.27. The fraction of sp³-hybridized carbons (Fsp3) is 0.600. The third-order valence-corrected chi connectivity index (χ3v) is 3.67. The molecule has 0 atom stereocenters. The van der Waals surface area contributed by atoms with Crippen LogP contribution in [0.15, 0.2) is 23.8 Å². The number of thioether (sulfide) groups is 1. The minimum absolute atomic E-state index is 0.266. The molecule has 0 aromatic rings. The second-order valence-electron chi connectivity index (χ2n) is 2.55. The Morgan fingerprint density at radius 3 is 2.25 bits per heavy atom. The number of allylic oxidation sites excluding steroid dienone is 1. The van der Waals surface area contributed by atoms with E-state index in [1.807, 2.05) is 6.92 Å². The molecule has 0 aliphatic rings.